The number of amides is 3. The standard InChI is InChI=1S/C28H27FN4O4/c29-21-13-11-20(12-14-21)26(35)33-24(19-9-10-19)27(36)32-23(16-18-6-2-1-3-7-18)25(34)28(37)31-17-22-8-4-5-15-30-22/h1-8,11-15,19,23-24H,9-10,16-17H2,(H,31,37)(H,32,36)(H,33,35)/t23-,24-/m1/s1. The van der Waals surface area contributed by atoms with Crippen LogP contribution in [0.25, 0.3) is 0 Å². The van der Waals surface area contributed by atoms with Crippen LogP contribution in [-0.2, 0) is 27.3 Å². The molecular weight excluding hydrogens is 475 g/mol. The Morgan fingerprint density at radius 2 is 1.59 bits per heavy atom. The summed E-state index contributed by atoms with van der Waals surface area (Å²) >= 11 is 0. The Kier molecular flexibility index (Phi) is 8.35. The molecule has 0 saturated heterocycles. The lowest BCUT2D eigenvalue weighted by Gasteiger charge is -2.23. The number of halogens is 1. The minimum absolute atomic E-state index is 0.0653. The average Bonchev–Trinajstić information content (AvgIpc) is 3.76. The monoisotopic (exact) mass is 502 g/mol. The van der Waals surface area contributed by atoms with E-state index in [-0.39, 0.29) is 24.4 Å². The molecule has 0 radical (unpaired) electrons. The van der Waals surface area contributed by atoms with E-state index in [1.54, 1.807) is 48.7 Å². The first-order valence-corrected chi connectivity index (χ1v) is 12.0. The van der Waals surface area contributed by atoms with Crippen LogP contribution in [0.15, 0.2) is 79.0 Å². The van der Waals surface area contributed by atoms with Gasteiger partial charge < -0.3 is 16.0 Å². The second kappa shape index (κ2) is 12.0. The minimum Gasteiger partial charge on any atom is -0.344 e. The van der Waals surface area contributed by atoms with Gasteiger partial charge in [0, 0.05) is 18.2 Å². The lowest BCUT2D eigenvalue weighted by molar-refractivity contribution is -0.140. The van der Waals surface area contributed by atoms with Gasteiger partial charge in [0.2, 0.25) is 11.7 Å². The van der Waals surface area contributed by atoms with Gasteiger partial charge in [-0.15, -0.1) is 0 Å². The first kappa shape index (κ1) is 25.7. The summed E-state index contributed by atoms with van der Waals surface area (Å²) in [5, 5.41) is 7.96. The van der Waals surface area contributed by atoms with Crippen LogP contribution >= 0.6 is 0 Å². The molecule has 1 fully saturated rings. The number of aromatic nitrogens is 1. The van der Waals surface area contributed by atoms with Crippen LogP contribution < -0.4 is 16.0 Å². The van der Waals surface area contributed by atoms with Crippen LogP contribution in [0.3, 0.4) is 0 Å². The largest absolute Gasteiger partial charge is 0.344 e. The van der Waals surface area contributed by atoms with Crippen molar-refractivity contribution in [2.75, 3.05) is 0 Å². The van der Waals surface area contributed by atoms with Crippen molar-refractivity contribution in [1.82, 2.24) is 20.9 Å². The molecule has 3 N–H and O–H groups in total. The van der Waals surface area contributed by atoms with Gasteiger partial charge in [-0.3, -0.25) is 24.2 Å². The normalized spacial score (nSPS) is 14.2. The molecule has 9 heteroatoms. The zero-order valence-electron chi connectivity index (χ0n) is 20.0. The predicted octanol–water partition coefficient (Wildman–Crippen LogP) is 2.34. The first-order chi connectivity index (χ1) is 17.9. The van der Waals surface area contributed by atoms with Gasteiger partial charge in [-0.25, -0.2) is 4.39 Å². The molecule has 3 aromatic rings. The average molecular weight is 503 g/mol. The topological polar surface area (TPSA) is 117 Å². The van der Waals surface area contributed by atoms with Crippen molar-refractivity contribution in [3.8, 4) is 0 Å². The third-order valence-corrected chi connectivity index (χ3v) is 6.06. The molecule has 2 aromatic carbocycles. The molecule has 2 atom stereocenters. The van der Waals surface area contributed by atoms with Gasteiger partial charge in [-0.2, -0.15) is 0 Å². The van der Waals surface area contributed by atoms with Crippen LogP contribution in [-0.4, -0.2) is 40.6 Å². The Labute approximate surface area is 213 Å². The van der Waals surface area contributed by atoms with Crippen molar-refractivity contribution in [1.29, 1.82) is 0 Å². The molecule has 1 aliphatic carbocycles. The molecule has 190 valence electrons. The van der Waals surface area contributed by atoms with E-state index in [2.05, 4.69) is 20.9 Å². The summed E-state index contributed by atoms with van der Waals surface area (Å²) in [7, 11) is 0. The fourth-order valence-corrected chi connectivity index (χ4v) is 3.89. The van der Waals surface area contributed by atoms with E-state index in [1.165, 1.54) is 24.3 Å². The number of nitrogens with zero attached hydrogens (tertiary/aromatic N) is 1. The van der Waals surface area contributed by atoms with Crippen LogP contribution in [0.2, 0.25) is 0 Å². The fourth-order valence-electron chi connectivity index (χ4n) is 3.89. The van der Waals surface area contributed by atoms with E-state index >= 15 is 0 Å². The van der Waals surface area contributed by atoms with Crippen LogP contribution in [0.4, 0.5) is 4.39 Å². The van der Waals surface area contributed by atoms with Crippen LogP contribution in [0.5, 0.6) is 0 Å². The lowest BCUT2D eigenvalue weighted by Crippen LogP contribution is -2.55. The number of benzene rings is 2. The van der Waals surface area contributed by atoms with Crippen molar-refractivity contribution in [2.45, 2.75) is 37.9 Å². The smallest absolute Gasteiger partial charge is 0.289 e. The number of nitrogens with one attached hydrogen (secondary N) is 3. The number of rotatable bonds is 11. The maximum atomic E-state index is 13.3. The molecule has 0 bridgehead atoms. The Morgan fingerprint density at radius 1 is 0.892 bits per heavy atom. The number of ketones is 1. The first-order valence-electron chi connectivity index (χ1n) is 12.0. The van der Waals surface area contributed by atoms with Crippen molar-refractivity contribution in [2.24, 2.45) is 5.92 Å². The van der Waals surface area contributed by atoms with Gasteiger partial charge in [0.25, 0.3) is 11.8 Å². The highest BCUT2D eigenvalue weighted by atomic mass is 19.1. The highest BCUT2D eigenvalue weighted by Gasteiger charge is 2.39. The summed E-state index contributed by atoms with van der Waals surface area (Å²) < 4.78 is 13.2. The van der Waals surface area contributed by atoms with Crippen molar-refractivity contribution in [3.63, 3.8) is 0 Å². The van der Waals surface area contributed by atoms with Crippen LogP contribution in [0, 0.1) is 11.7 Å². The highest BCUT2D eigenvalue weighted by molar-refractivity contribution is 6.38. The zero-order valence-corrected chi connectivity index (χ0v) is 20.0. The summed E-state index contributed by atoms with van der Waals surface area (Å²) in [4.78, 5) is 55.9. The van der Waals surface area contributed by atoms with Gasteiger partial charge in [0.15, 0.2) is 0 Å². The van der Waals surface area contributed by atoms with Gasteiger partial charge in [-0.05, 0) is 60.7 Å². The number of Topliss-reactive ketones (excluding diaryl/α,β-unsaturated/α-hetero) is 1. The van der Waals surface area contributed by atoms with Crippen molar-refractivity contribution >= 4 is 23.5 Å². The maximum absolute atomic E-state index is 13.3. The van der Waals surface area contributed by atoms with Crippen molar-refractivity contribution < 1.29 is 23.6 Å². The molecule has 4 rings (SSSR count). The summed E-state index contributed by atoms with van der Waals surface area (Å²) in [5.74, 6) is -3.28. The van der Waals surface area contributed by atoms with E-state index in [0.717, 1.165) is 18.4 Å². The number of carbonyl (C=O) groups is 4. The van der Waals surface area contributed by atoms with E-state index in [0.29, 0.717) is 5.69 Å². The fraction of sp³-hybridized carbons (Fsp3) is 0.250. The maximum Gasteiger partial charge on any atom is 0.289 e. The molecule has 1 aliphatic rings. The summed E-state index contributed by atoms with van der Waals surface area (Å²) in [6.45, 7) is 0.0653. The second-order valence-electron chi connectivity index (χ2n) is 8.91. The number of carbonyl (C=O) groups excluding carboxylic acids is 4. The number of hydrogen-bond donors (Lipinski definition) is 3. The highest BCUT2D eigenvalue weighted by Crippen LogP contribution is 2.33. The summed E-state index contributed by atoms with van der Waals surface area (Å²) in [6.07, 6.45) is 3.17. The SMILES string of the molecule is O=C(NCc1ccccn1)C(=O)[C@@H](Cc1ccccc1)NC(=O)[C@H](NC(=O)c1ccc(F)cc1)C1CC1. The van der Waals surface area contributed by atoms with Gasteiger partial charge >= 0.3 is 0 Å². The molecule has 1 heterocycles. The van der Waals surface area contributed by atoms with Crippen LogP contribution in [0.1, 0.15) is 34.5 Å². The zero-order chi connectivity index (χ0) is 26.2. The summed E-state index contributed by atoms with van der Waals surface area (Å²) in [5.41, 5.74) is 1.56. The lowest BCUT2D eigenvalue weighted by atomic mass is 10.0. The molecule has 0 unspecified atom stereocenters. The Morgan fingerprint density at radius 3 is 2.24 bits per heavy atom. The summed E-state index contributed by atoms with van der Waals surface area (Å²) in [6, 6.07) is 17.2. The van der Waals surface area contributed by atoms with Gasteiger partial charge in [0.1, 0.15) is 17.9 Å². The van der Waals surface area contributed by atoms with Gasteiger partial charge in [0.05, 0.1) is 12.2 Å². The molecule has 3 amide bonds. The third kappa shape index (κ3) is 7.30. The molecule has 0 spiro atoms. The van der Waals surface area contributed by atoms with E-state index in [1.807, 2.05) is 6.07 Å². The van der Waals surface area contributed by atoms with Crippen molar-refractivity contribution in [3.05, 3.63) is 102 Å². The Balaban J connectivity index is 1.46. The molecular formula is C28H27FN4O4. The second-order valence-corrected chi connectivity index (χ2v) is 8.91. The molecule has 0 aliphatic heterocycles. The minimum atomic E-state index is -1.14. The number of pyridine rings is 1. The van der Waals surface area contributed by atoms with E-state index < -0.39 is 41.4 Å². The predicted molar refractivity (Wildman–Crippen MR) is 134 cm³/mol. The molecule has 1 saturated carbocycles. The molecule has 1 aromatic heterocycles. The Hall–Kier alpha value is -4.40. The molecule has 8 nitrogen and oxygen atoms in total. The van der Waals surface area contributed by atoms with E-state index in [4.69, 9.17) is 0 Å². The van der Waals surface area contributed by atoms with E-state index in [9.17, 15) is 23.6 Å². The molecule has 37 heavy (non-hydrogen) atoms. The Bertz CT molecular complexity index is 1250. The third-order valence-electron chi connectivity index (χ3n) is 6.06. The quantitative estimate of drug-likeness (QED) is 0.348. The van der Waals surface area contributed by atoms with Gasteiger partial charge in [-0.1, -0.05) is 36.4 Å². The number of hydrogen-bond acceptors (Lipinski definition) is 5.